The summed E-state index contributed by atoms with van der Waals surface area (Å²) in [5, 5.41) is 8.02. The third-order valence-electron chi connectivity index (χ3n) is 3.40. The number of carbonyl (C=O) groups is 3. The van der Waals surface area contributed by atoms with E-state index in [0.29, 0.717) is 18.5 Å². The third kappa shape index (κ3) is 6.14. The van der Waals surface area contributed by atoms with Crippen LogP contribution in [0.2, 0.25) is 0 Å². The van der Waals surface area contributed by atoms with Gasteiger partial charge in [-0.1, -0.05) is 19.1 Å². The topological polar surface area (TPSA) is 100 Å². The molecular formula is C18H21N3O4. The zero-order valence-electron chi connectivity index (χ0n) is 14.0. The van der Waals surface area contributed by atoms with Crippen LogP contribution in [0.15, 0.2) is 47.3 Å². The molecule has 2 rings (SSSR count). The van der Waals surface area contributed by atoms with Crippen LogP contribution in [-0.4, -0.2) is 24.3 Å². The molecule has 0 aliphatic rings. The van der Waals surface area contributed by atoms with E-state index in [1.54, 1.807) is 12.1 Å². The molecule has 1 heterocycles. The average molecular weight is 343 g/mol. The highest BCUT2D eigenvalue weighted by atomic mass is 16.3. The average Bonchev–Trinajstić information content (AvgIpc) is 3.14. The highest BCUT2D eigenvalue weighted by Crippen LogP contribution is 2.10. The maximum absolute atomic E-state index is 11.8. The normalized spacial score (nSPS) is 10.1. The van der Waals surface area contributed by atoms with E-state index in [2.05, 4.69) is 16.0 Å². The van der Waals surface area contributed by atoms with Gasteiger partial charge in [-0.15, -0.1) is 0 Å². The molecule has 0 radical (unpaired) electrons. The van der Waals surface area contributed by atoms with Gasteiger partial charge in [0.05, 0.1) is 18.4 Å². The smallest absolute Gasteiger partial charge is 0.254 e. The van der Waals surface area contributed by atoms with Crippen LogP contribution in [0.4, 0.5) is 5.69 Å². The van der Waals surface area contributed by atoms with Crippen molar-refractivity contribution in [3.05, 3.63) is 54.0 Å². The second kappa shape index (κ2) is 9.27. The summed E-state index contributed by atoms with van der Waals surface area (Å²) in [4.78, 5) is 35.0. The van der Waals surface area contributed by atoms with Crippen molar-refractivity contribution in [2.75, 3.05) is 11.9 Å². The van der Waals surface area contributed by atoms with E-state index in [0.717, 1.165) is 17.7 Å². The molecule has 0 spiro atoms. The van der Waals surface area contributed by atoms with Crippen molar-refractivity contribution in [2.45, 2.75) is 26.3 Å². The Morgan fingerprint density at radius 1 is 1.00 bits per heavy atom. The van der Waals surface area contributed by atoms with E-state index in [1.165, 1.54) is 18.6 Å². The van der Waals surface area contributed by atoms with E-state index in [4.69, 9.17) is 4.42 Å². The second-order valence-corrected chi connectivity index (χ2v) is 5.47. The van der Waals surface area contributed by atoms with E-state index < -0.39 is 0 Å². The fourth-order valence-corrected chi connectivity index (χ4v) is 2.08. The molecule has 0 saturated carbocycles. The summed E-state index contributed by atoms with van der Waals surface area (Å²) < 4.78 is 4.81. The molecular weight excluding hydrogens is 322 g/mol. The Morgan fingerprint density at radius 3 is 2.40 bits per heavy atom. The standard InChI is InChI=1S/C18H21N3O4/c1-2-3-16(22)21-15-6-4-13(5-7-15)10-19-17(23)11-20-18(24)14-8-9-25-12-14/h4-9,12H,2-3,10-11H2,1H3,(H,19,23)(H,20,24)(H,21,22). The van der Waals surface area contributed by atoms with Crippen molar-refractivity contribution in [2.24, 2.45) is 0 Å². The second-order valence-electron chi connectivity index (χ2n) is 5.47. The largest absolute Gasteiger partial charge is 0.472 e. The van der Waals surface area contributed by atoms with Crippen LogP contribution in [0, 0.1) is 0 Å². The minimum absolute atomic E-state index is 0.0167. The monoisotopic (exact) mass is 343 g/mol. The number of hydrogen-bond donors (Lipinski definition) is 3. The van der Waals surface area contributed by atoms with E-state index >= 15 is 0 Å². The molecule has 3 N–H and O–H groups in total. The lowest BCUT2D eigenvalue weighted by atomic mass is 10.2. The summed E-state index contributed by atoms with van der Waals surface area (Å²) in [7, 11) is 0. The predicted molar refractivity (Wildman–Crippen MR) is 92.9 cm³/mol. The molecule has 0 atom stereocenters. The first kappa shape index (κ1) is 18.3. The zero-order chi connectivity index (χ0) is 18.1. The molecule has 0 unspecified atom stereocenters. The SMILES string of the molecule is CCCC(=O)Nc1ccc(CNC(=O)CNC(=O)c2ccoc2)cc1. The lowest BCUT2D eigenvalue weighted by Crippen LogP contribution is -2.36. The first-order valence-corrected chi connectivity index (χ1v) is 8.04. The molecule has 0 fully saturated rings. The minimum atomic E-state index is -0.365. The van der Waals surface area contributed by atoms with Gasteiger partial charge in [0.15, 0.2) is 0 Å². The summed E-state index contributed by atoms with van der Waals surface area (Å²) in [6.45, 7) is 2.17. The van der Waals surface area contributed by atoms with Crippen LogP contribution in [0.5, 0.6) is 0 Å². The molecule has 0 aliphatic carbocycles. The van der Waals surface area contributed by atoms with Crippen LogP contribution in [0.25, 0.3) is 0 Å². The summed E-state index contributed by atoms with van der Waals surface area (Å²) in [6, 6.07) is 8.75. The number of furan rings is 1. The first-order chi connectivity index (χ1) is 12.1. The van der Waals surface area contributed by atoms with Gasteiger partial charge in [-0.3, -0.25) is 14.4 Å². The first-order valence-electron chi connectivity index (χ1n) is 8.04. The van der Waals surface area contributed by atoms with Crippen LogP contribution >= 0.6 is 0 Å². The van der Waals surface area contributed by atoms with Crippen molar-refractivity contribution < 1.29 is 18.8 Å². The van der Waals surface area contributed by atoms with Gasteiger partial charge in [0, 0.05) is 18.7 Å². The number of rotatable bonds is 8. The fourth-order valence-electron chi connectivity index (χ4n) is 2.08. The van der Waals surface area contributed by atoms with Gasteiger partial charge in [0.1, 0.15) is 6.26 Å². The minimum Gasteiger partial charge on any atom is -0.472 e. The molecule has 1 aromatic carbocycles. The number of amides is 3. The van der Waals surface area contributed by atoms with Gasteiger partial charge >= 0.3 is 0 Å². The van der Waals surface area contributed by atoms with Crippen LogP contribution in [0.3, 0.4) is 0 Å². The summed E-state index contributed by atoms with van der Waals surface area (Å²) in [5.41, 5.74) is 1.98. The quantitative estimate of drug-likeness (QED) is 0.683. The lowest BCUT2D eigenvalue weighted by molar-refractivity contribution is -0.120. The predicted octanol–water partition coefficient (Wildman–Crippen LogP) is 2.06. The maximum Gasteiger partial charge on any atom is 0.254 e. The van der Waals surface area contributed by atoms with Crippen LogP contribution < -0.4 is 16.0 Å². The van der Waals surface area contributed by atoms with Crippen molar-refractivity contribution >= 4 is 23.4 Å². The molecule has 7 nitrogen and oxygen atoms in total. The van der Waals surface area contributed by atoms with Crippen molar-refractivity contribution in [3.8, 4) is 0 Å². The molecule has 25 heavy (non-hydrogen) atoms. The van der Waals surface area contributed by atoms with Gasteiger partial charge in [-0.2, -0.15) is 0 Å². The Balaban J connectivity index is 1.72. The summed E-state index contributed by atoms with van der Waals surface area (Å²) >= 11 is 0. The maximum atomic E-state index is 11.8. The van der Waals surface area contributed by atoms with Gasteiger partial charge in [-0.05, 0) is 30.2 Å². The third-order valence-corrected chi connectivity index (χ3v) is 3.40. The molecule has 132 valence electrons. The van der Waals surface area contributed by atoms with Gasteiger partial charge in [0.2, 0.25) is 11.8 Å². The number of benzene rings is 1. The Bertz CT molecular complexity index is 708. The number of anilines is 1. The molecule has 2 aromatic rings. The lowest BCUT2D eigenvalue weighted by Gasteiger charge is -2.08. The molecule has 1 aromatic heterocycles. The molecule has 0 saturated heterocycles. The summed E-state index contributed by atoms with van der Waals surface area (Å²) in [5.74, 6) is -0.676. The zero-order valence-corrected chi connectivity index (χ0v) is 14.0. The molecule has 0 bridgehead atoms. The Hall–Kier alpha value is -3.09. The van der Waals surface area contributed by atoms with E-state index in [-0.39, 0.29) is 24.3 Å². The number of nitrogens with one attached hydrogen (secondary N) is 3. The van der Waals surface area contributed by atoms with E-state index in [9.17, 15) is 14.4 Å². The van der Waals surface area contributed by atoms with Gasteiger partial charge < -0.3 is 20.4 Å². The molecule has 7 heteroatoms. The highest BCUT2D eigenvalue weighted by molar-refractivity contribution is 5.96. The number of hydrogen-bond acceptors (Lipinski definition) is 4. The Kier molecular flexibility index (Phi) is 6.76. The number of carbonyl (C=O) groups excluding carboxylic acids is 3. The molecule has 3 amide bonds. The fraction of sp³-hybridized carbons (Fsp3) is 0.278. The van der Waals surface area contributed by atoms with Crippen molar-refractivity contribution in [1.29, 1.82) is 0 Å². The van der Waals surface area contributed by atoms with Crippen molar-refractivity contribution in [3.63, 3.8) is 0 Å². The van der Waals surface area contributed by atoms with Crippen LogP contribution in [-0.2, 0) is 16.1 Å². The summed E-state index contributed by atoms with van der Waals surface area (Å²) in [6.07, 6.45) is 3.99. The Morgan fingerprint density at radius 2 is 1.76 bits per heavy atom. The van der Waals surface area contributed by atoms with Gasteiger partial charge in [-0.25, -0.2) is 0 Å². The van der Waals surface area contributed by atoms with E-state index in [1.807, 2.05) is 19.1 Å². The highest BCUT2D eigenvalue weighted by Gasteiger charge is 2.08. The Labute approximate surface area is 145 Å². The van der Waals surface area contributed by atoms with Crippen molar-refractivity contribution in [1.82, 2.24) is 10.6 Å². The van der Waals surface area contributed by atoms with Gasteiger partial charge in [0.25, 0.3) is 5.91 Å². The molecule has 0 aliphatic heterocycles. The van der Waals surface area contributed by atoms with Crippen LogP contribution in [0.1, 0.15) is 35.7 Å².